The highest BCUT2D eigenvalue weighted by Gasteiger charge is 2.27. The van der Waals surface area contributed by atoms with E-state index in [1.54, 1.807) is 6.08 Å². The van der Waals surface area contributed by atoms with Gasteiger partial charge in [-0.25, -0.2) is 4.57 Å². The third-order valence-electron chi connectivity index (χ3n) is 11.7. The van der Waals surface area contributed by atoms with E-state index in [-0.39, 0.29) is 19.1 Å². The van der Waals surface area contributed by atoms with Crippen LogP contribution in [-0.2, 0) is 18.4 Å². The maximum Gasteiger partial charge on any atom is 0.472 e. The standard InChI is InChI=1S/C54H103N2O6P/c1-6-8-10-12-14-16-18-20-21-22-23-24-25-26-27-28-29-30-31-32-33-34-35-36-38-40-42-44-46-48-54(58)55-52(51-62-63(59,60)61-50-49-56(3,4)5)53(57)47-45-43-41-39-37-19-17-15-13-11-9-7-2/h13,15,26-27,37,39,45,47,52-53,57H,6-12,14,16-25,28-36,38,40-44,46,48-51H2,1-5H3,(H-,55,58,59,60)/p+1/b15-13+,27-26-,39-37+,47-45+. The number of rotatable bonds is 48. The van der Waals surface area contributed by atoms with Gasteiger partial charge in [0.25, 0.3) is 0 Å². The summed E-state index contributed by atoms with van der Waals surface area (Å²) < 4.78 is 23.6. The number of phosphoric ester groups is 1. The van der Waals surface area contributed by atoms with Gasteiger partial charge in [-0.2, -0.15) is 0 Å². The van der Waals surface area contributed by atoms with Crippen molar-refractivity contribution in [1.82, 2.24) is 5.32 Å². The molecular weight excluding hydrogens is 804 g/mol. The number of hydrogen-bond donors (Lipinski definition) is 3. The van der Waals surface area contributed by atoms with Gasteiger partial charge >= 0.3 is 7.82 Å². The SMILES string of the molecule is CCCC/C=C/CC/C=C/CC/C=C/C(O)C(COP(=O)(O)OCC[N+](C)(C)C)NC(=O)CCCCCCCCCCCCCCC/C=C\CCCCCCCCCCCCCC. The molecule has 0 saturated heterocycles. The van der Waals surface area contributed by atoms with Crippen LogP contribution in [0.3, 0.4) is 0 Å². The molecule has 0 saturated carbocycles. The number of carbonyl (C=O) groups is 1. The number of phosphoric acid groups is 1. The second-order valence-electron chi connectivity index (χ2n) is 19.2. The lowest BCUT2D eigenvalue weighted by molar-refractivity contribution is -0.870. The summed E-state index contributed by atoms with van der Waals surface area (Å²) in [7, 11) is 1.55. The van der Waals surface area contributed by atoms with Gasteiger partial charge in [0.15, 0.2) is 0 Å². The number of aliphatic hydroxyl groups excluding tert-OH is 1. The Bertz CT molecular complexity index is 1170. The van der Waals surface area contributed by atoms with Gasteiger partial charge in [0.2, 0.25) is 5.91 Å². The van der Waals surface area contributed by atoms with E-state index < -0.39 is 20.0 Å². The normalized spacial score (nSPS) is 14.5. The zero-order valence-electron chi connectivity index (χ0n) is 42.1. The molecule has 0 spiro atoms. The number of aliphatic hydroxyl groups is 1. The highest BCUT2D eigenvalue weighted by atomic mass is 31.2. The van der Waals surface area contributed by atoms with Crippen molar-refractivity contribution in [1.29, 1.82) is 0 Å². The molecule has 3 atom stereocenters. The number of allylic oxidation sites excluding steroid dienone is 7. The molecule has 0 aromatic heterocycles. The van der Waals surface area contributed by atoms with Crippen molar-refractivity contribution < 1.29 is 32.9 Å². The van der Waals surface area contributed by atoms with Crippen molar-refractivity contribution in [2.24, 2.45) is 0 Å². The number of hydrogen-bond acceptors (Lipinski definition) is 5. The first kappa shape index (κ1) is 61.5. The molecule has 63 heavy (non-hydrogen) atoms. The molecule has 3 N–H and O–H groups in total. The molecule has 9 heteroatoms. The third-order valence-corrected chi connectivity index (χ3v) is 12.7. The van der Waals surface area contributed by atoms with E-state index in [4.69, 9.17) is 9.05 Å². The van der Waals surface area contributed by atoms with Crippen molar-refractivity contribution in [3.05, 3.63) is 48.6 Å². The lowest BCUT2D eigenvalue weighted by Gasteiger charge is -2.25. The average Bonchev–Trinajstić information content (AvgIpc) is 3.24. The number of likely N-dealkylation sites (N-methyl/N-ethyl adjacent to an activating group) is 1. The minimum absolute atomic E-state index is 0.0530. The Morgan fingerprint density at radius 1 is 0.524 bits per heavy atom. The Balaban J connectivity index is 4.11. The fraction of sp³-hybridized carbons (Fsp3) is 0.833. The number of carbonyl (C=O) groups excluding carboxylic acids is 1. The zero-order chi connectivity index (χ0) is 46.4. The van der Waals surface area contributed by atoms with Crippen molar-refractivity contribution in [3.8, 4) is 0 Å². The summed E-state index contributed by atoms with van der Waals surface area (Å²) in [5, 5.41) is 13.8. The van der Waals surface area contributed by atoms with Crippen LogP contribution in [0.1, 0.15) is 239 Å². The van der Waals surface area contributed by atoms with Crippen LogP contribution in [0.25, 0.3) is 0 Å². The first-order valence-electron chi connectivity index (χ1n) is 26.5. The zero-order valence-corrected chi connectivity index (χ0v) is 43.0. The second-order valence-corrected chi connectivity index (χ2v) is 20.7. The molecule has 0 aromatic carbocycles. The van der Waals surface area contributed by atoms with Crippen LogP contribution >= 0.6 is 7.82 Å². The summed E-state index contributed by atoms with van der Waals surface area (Å²) >= 11 is 0. The van der Waals surface area contributed by atoms with Crippen LogP contribution in [0.15, 0.2) is 48.6 Å². The van der Waals surface area contributed by atoms with Crippen molar-refractivity contribution in [2.45, 2.75) is 251 Å². The van der Waals surface area contributed by atoms with Gasteiger partial charge in [-0.05, 0) is 64.2 Å². The molecule has 0 aliphatic carbocycles. The van der Waals surface area contributed by atoms with E-state index in [9.17, 15) is 19.4 Å². The largest absolute Gasteiger partial charge is 0.472 e. The molecule has 0 aliphatic heterocycles. The number of nitrogens with zero attached hydrogens (tertiary/aromatic N) is 1. The minimum Gasteiger partial charge on any atom is -0.387 e. The lowest BCUT2D eigenvalue weighted by Crippen LogP contribution is -2.45. The van der Waals surface area contributed by atoms with Crippen LogP contribution in [0.5, 0.6) is 0 Å². The van der Waals surface area contributed by atoms with E-state index in [1.165, 1.54) is 167 Å². The molecular formula is C54H104N2O6P+. The number of amides is 1. The minimum atomic E-state index is -4.35. The summed E-state index contributed by atoms with van der Waals surface area (Å²) in [5.41, 5.74) is 0. The average molecular weight is 908 g/mol. The predicted molar refractivity (Wildman–Crippen MR) is 272 cm³/mol. The van der Waals surface area contributed by atoms with Crippen LogP contribution in [-0.4, -0.2) is 73.4 Å². The van der Waals surface area contributed by atoms with E-state index >= 15 is 0 Å². The van der Waals surface area contributed by atoms with Crippen LogP contribution in [0.4, 0.5) is 0 Å². The lowest BCUT2D eigenvalue weighted by atomic mass is 10.0. The molecule has 0 bridgehead atoms. The molecule has 0 fully saturated rings. The maximum absolute atomic E-state index is 12.9. The Morgan fingerprint density at radius 3 is 1.32 bits per heavy atom. The Morgan fingerprint density at radius 2 is 0.889 bits per heavy atom. The predicted octanol–water partition coefficient (Wildman–Crippen LogP) is 15.6. The quantitative estimate of drug-likeness (QED) is 0.0243. The highest BCUT2D eigenvalue weighted by molar-refractivity contribution is 7.47. The topological polar surface area (TPSA) is 105 Å². The maximum atomic E-state index is 12.9. The van der Waals surface area contributed by atoms with Crippen LogP contribution in [0, 0.1) is 0 Å². The second kappa shape index (κ2) is 45.6. The van der Waals surface area contributed by atoms with Gasteiger partial charge in [-0.3, -0.25) is 13.8 Å². The molecule has 1 amide bonds. The van der Waals surface area contributed by atoms with Gasteiger partial charge in [0.1, 0.15) is 13.2 Å². The van der Waals surface area contributed by atoms with Crippen molar-refractivity contribution in [3.63, 3.8) is 0 Å². The van der Waals surface area contributed by atoms with Crippen molar-refractivity contribution >= 4 is 13.7 Å². The number of unbranched alkanes of at least 4 members (excludes halogenated alkanes) is 29. The molecule has 370 valence electrons. The Hall–Kier alpha value is -1.54. The van der Waals surface area contributed by atoms with E-state index in [1.807, 2.05) is 27.2 Å². The van der Waals surface area contributed by atoms with E-state index in [0.29, 0.717) is 17.4 Å². The monoisotopic (exact) mass is 908 g/mol. The van der Waals surface area contributed by atoms with Gasteiger partial charge in [0, 0.05) is 6.42 Å². The highest BCUT2D eigenvalue weighted by Crippen LogP contribution is 2.43. The molecule has 0 aliphatic rings. The Kier molecular flexibility index (Phi) is 44.5. The van der Waals surface area contributed by atoms with Crippen LogP contribution < -0.4 is 5.32 Å². The number of quaternary nitrogens is 1. The molecule has 0 aromatic rings. The fourth-order valence-electron chi connectivity index (χ4n) is 7.53. The first-order chi connectivity index (χ1) is 30.5. The van der Waals surface area contributed by atoms with E-state index in [0.717, 1.165) is 51.4 Å². The smallest absolute Gasteiger partial charge is 0.387 e. The molecule has 3 unspecified atom stereocenters. The molecule has 0 radical (unpaired) electrons. The van der Waals surface area contributed by atoms with Crippen LogP contribution in [0.2, 0.25) is 0 Å². The first-order valence-corrected chi connectivity index (χ1v) is 28.0. The molecule has 0 heterocycles. The molecule has 8 nitrogen and oxygen atoms in total. The Labute approximate surface area is 390 Å². The van der Waals surface area contributed by atoms with Gasteiger partial charge in [-0.1, -0.05) is 217 Å². The fourth-order valence-corrected chi connectivity index (χ4v) is 8.26. The summed E-state index contributed by atoms with van der Waals surface area (Å²) in [6, 6.07) is -0.868. The third kappa shape index (κ3) is 48.2. The summed E-state index contributed by atoms with van der Waals surface area (Å²) in [4.78, 5) is 23.2. The van der Waals surface area contributed by atoms with E-state index in [2.05, 4.69) is 55.6 Å². The van der Waals surface area contributed by atoms with Gasteiger partial charge in [0.05, 0.1) is 39.9 Å². The summed E-state index contributed by atoms with van der Waals surface area (Å²) in [6.07, 6.45) is 59.4. The van der Waals surface area contributed by atoms with Gasteiger partial charge in [-0.15, -0.1) is 0 Å². The summed E-state index contributed by atoms with van der Waals surface area (Å²) in [6.45, 7) is 4.74. The summed E-state index contributed by atoms with van der Waals surface area (Å²) in [5.74, 6) is -0.192. The van der Waals surface area contributed by atoms with Gasteiger partial charge < -0.3 is 19.8 Å². The van der Waals surface area contributed by atoms with Crippen molar-refractivity contribution in [2.75, 3.05) is 40.9 Å². The molecule has 0 rings (SSSR count). The number of nitrogens with one attached hydrogen (secondary N) is 1.